The number of rotatable bonds is 7. The zero-order chi connectivity index (χ0) is 21.7. The number of hydrogen-bond donors (Lipinski definition) is 1. The van der Waals surface area contributed by atoms with Crippen molar-refractivity contribution < 1.29 is 13.2 Å². The van der Waals surface area contributed by atoms with Crippen LogP contribution >= 0.6 is 11.7 Å². The third kappa shape index (κ3) is 5.42. The summed E-state index contributed by atoms with van der Waals surface area (Å²) in [4.78, 5) is 15.3. The summed E-state index contributed by atoms with van der Waals surface area (Å²) in [5.41, 5.74) is 1.03. The van der Waals surface area contributed by atoms with Gasteiger partial charge in [0.25, 0.3) is 0 Å². The Balaban J connectivity index is 1.24. The Morgan fingerprint density at radius 2 is 1.81 bits per heavy atom. The lowest BCUT2D eigenvalue weighted by Crippen LogP contribution is -2.43. The maximum Gasteiger partial charge on any atom is 0.245 e. The number of nitrogens with one attached hydrogen (secondary N) is 1. The molecule has 1 aromatic carbocycles. The highest BCUT2D eigenvalue weighted by Crippen LogP contribution is 2.28. The monoisotopic (exact) mass is 465 g/mol. The molecule has 170 valence electrons. The summed E-state index contributed by atoms with van der Waals surface area (Å²) in [7, 11) is -3.64. The second-order valence-corrected chi connectivity index (χ2v) is 10.9. The van der Waals surface area contributed by atoms with Crippen LogP contribution in [-0.4, -0.2) is 71.5 Å². The van der Waals surface area contributed by atoms with Gasteiger partial charge in [0, 0.05) is 25.6 Å². The predicted octanol–water partition coefficient (Wildman–Crippen LogP) is 2.47. The molecule has 0 unspecified atom stereocenters. The number of amides is 1. The van der Waals surface area contributed by atoms with E-state index in [2.05, 4.69) is 19.0 Å². The summed E-state index contributed by atoms with van der Waals surface area (Å²) < 4.78 is 36.0. The van der Waals surface area contributed by atoms with Crippen LogP contribution in [-0.2, 0) is 14.8 Å². The first-order valence-corrected chi connectivity index (χ1v) is 13.4. The zero-order valence-corrected chi connectivity index (χ0v) is 19.5. The molecule has 2 aromatic rings. The van der Waals surface area contributed by atoms with Crippen LogP contribution in [0.25, 0.3) is 11.0 Å². The van der Waals surface area contributed by atoms with E-state index in [-0.39, 0.29) is 16.7 Å². The summed E-state index contributed by atoms with van der Waals surface area (Å²) in [6.07, 6.45) is 7.27. The molecule has 0 spiro atoms. The van der Waals surface area contributed by atoms with Gasteiger partial charge in [0.15, 0.2) is 0 Å². The van der Waals surface area contributed by atoms with Gasteiger partial charge >= 0.3 is 0 Å². The molecule has 0 saturated carbocycles. The van der Waals surface area contributed by atoms with Crippen molar-refractivity contribution in [1.29, 1.82) is 0 Å². The molecule has 8 nitrogen and oxygen atoms in total. The van der Waals surface area contributed by atoms with E-state index >= 15 is 0 Å². The SMILES string of the molecule is O=C(NCCCN1CCCCCC1)C1CCN(S(=O)(=O)c2cccc3nsnc23)CC1. The Bertz CT molecular complexity index is 978. The van der Waals surface area contributed by atoms with Crippen LogP contribution in [0.2, 0.25) is 0 Å². The molecule has 0 bridgehead atoms. The average molecular weight is 466 g/mol. The van der Waals surface area contributed by atoms with Crippen molar-refractivity contribution in [2.45, 2.75) is 49.8 Å². The van der Waals surface area contributed by atoms with E-state index < -0.39 is 10.0 Å². The Morgan fingerprint density at radius 1 is 1.06 bits per heavy atom. The third-order valence-corrected chi connectivity index (χ3v) is 8.81. The maximum atomic E-state index is 13.1. The number of sulfonamides is 1. The average Bonchev–Trinajstić information content (AvgIpc) is 3.12. The van der Waals surface area contributed by atoms with Crippen molar-refractivity contribution in [3.05, 3.63) is 18.2 Å². The standard InChI is InChI=1S/C21H31N5O3S2/c27-21(22-11-6-14-25-12-3-1-2-4-13-25)17-9-15-26(16-10-17)31(28,29)19-8-5-7-18-20(19)24-30-23-18/h5,7-8,17H,1-4,6,9-16H2,(H,22,27). The van der Waals surface area contributed by atoms with Gasteiger partial charge in [-0.25, -0.2) is 8.42 Å². The minimum absolute atomic E-state index is 0.0544. The summed E-state index contributed by atoms with van der Waals surface area (Å²) >= 11 is 1.01. The first kappa shape index (κ1) is 22.6. The topological polar surface area (TPSA) is 95.5 Å². The molecule has 3 heterocycles. The highest BCUT2D eigenvalue weighted by atomic mass is 32.2. The number of benzene rings is 1. The van der Waals surface area contributed by atoms with Crippen LogP contribution < -0.4 is 5.32 Å². The molecular formula is C21H31N5O3S2. The number of carbonyl (C=O) groups is 1. The van der Waals surface area contributed by atoms with E-state index in [1.54, 1.807) is 18.2 Å². The predicted molar refractivity (Wildman–Crippen MR) is 121 cm³/mol. The van der Waals surface area contributed by atoms with Crippen molar-refractivity contribution in [3.8, 4) is 0 Å². The molecule has 0 atom stereocenters. The van der Waals surface area contributed by atoms with Crippen LogP contribution in [0.4, 0.5) is 0 Å². The fourth-order valence-corrected chi connectivity index (χ4v) is 6.73. The number of nitrogens with zero attached hydrogens (tertiary/aromatic N) is 4. The van der Waals surface area contributed by atoms with Crippen LogP contribution in [0.5, 0.6) is 0 Å². The van der Waals surface area contributed by atoms with Gasteiger partial charge in [-0.2, -0.15) is 13.1 Å². The number of piperidine rings is 1. The fourth-order valence-electron chi connectivity index (χ4n) is 4.51. The lowest BCUT2D eigenvalue weighted by Gasteiger charge is -2.30. The van der Waals surface area contributed by atoms with Gasteiger partial charge in [-0.1, -0.05) is 18.9 Å². The van der Waals surface area contributed by atoms with Crippen molar-refractivity contribution in [1.82, 2.24) is 23.3 Å². The van der Waals surface area contributed by atoms with Crippen molar-refractivity contribution in [2.24, 2.45) is 5.92 Å². The van der Waals surface area contributed by atoms with Crippen molar-refractivity contribution in [2.75, 3.05) is 39.3 Å². The lowest BCUT2D eigenvalue weighted by atomic mass is 9.97. The van der Waals surface area contributed by atoms with Gasteiger partial charge in [-0.15, -0.1) is 0 Å². The van der Waals surface area contributed by atoms with Crippen molar-refractivity contribution >= 4 is 38.7 Å². The van der Waals surface area contributed by atoms with Crippen molar-refractivity contribution in [3.63, 3.8) is 0 Å². The van der Waals surface area contributed by atoms with E-state index in [4.69, 9.17) is 0 Å². The second kappa shape index (κ2) is 10.3. The van der Waals surface area contributed by atoms with E-state index in [0.717, 1.165) is 24.7 Å². The number of carbonyl (C=O) groups excluding carboxylic acids is 1. The normalized spacial score (nSPS) is 20.0. The molecule has 1 N–H and O–H groups in total. The summed E-state index contributed by atoms with van der Waals surface area (Å²) in [6.45, 7) is 4.77. The van der Waals surface area contributed by atoms with E-state index in [1.165, 1.54) is 43.1 Å². The number of hydrogen-bond acceptors (Lipinski definition) is 7. The molecule has 31 heavy (non-hydrogen) atoms. The molecule has 10 heteroatoms. The molecule has 1 amide bonds. The number of aromatic nitrogens is 2. The van der Waals surface area contributed by atoms with Crippen LogP contribution in [0.15, 0.2) is 23.1 Å². The van der Waals surface area contributed by atoms with Gasteiger partial charge in [0.05, 0.1) is 11.7 Å². The second-order valence-electron chi connectivity index (χ2n) is 8.47. The lowest BCUT2D eigenvalue weighted by molar-refractivity contribution is -0.126. The molecule has 0 aliphatic carbocycles. The Kier molecular flexibility index (Phi) is 7.52. The van der Waals surface area contributed by atoms with Gasteiger partial charge in [0.1, 0.15) is 15.9 Å². The highest BCUT2D eigenvalue weighted by Gasteiger charge is 2.33. The van der Waals surface area contributed by atoms with E-state index in [9.17, 15) is 13.2 Å². The molecule has 0 radical (unpaired) electrons. The van der Waals surface area contributed by atoms with Crippen LogP contribution in [0, 0.1) is 5.92 Å². The summed E-state index contributed by atoms with van der Waals surface area (Å²) in [5.74, 6) is -0.0694. The van der Waals surface area contributed by atoms with E-state index in [1.807, 2.05) is 0 Å². The Morgan fingerprint density at radius 3 is 2.55 bits per heavy atom. The maximum absolute atomic E-state index is 13.1. The highest BCUT2D eigenvalue weighted by molar-refractivity contribution is 7.89. The first-order valence-electron chi connectivity index (χ1n) is 11.3. The van der Waals surface area contributed by atoms with E-state index in [0.29, 0.717) is 43.5 Å². The van der Waals surface area contributed by atoms with Gasteiger partial charge in [0.2, 0.25) is 15.9 Å². The number of fused-ring (bicyclic) bond motifs is 1. The molecule has 2 saturated heterocycles. The minimum atomic E-state index is -3.64. The van der Waals surface area contributed by atoms with Crippen LogP contribution in [0.3, 0.4) is 0 Å². The number of likely N-dealkylation sites (tertiary alicyclic amines) is 1. The molecular weight excluding hydrogens is 434 g/mol. The quantitative estimate of drug-likeness (QED) is 0.631. The molecule has 2 fully saturated rings. The van der Waals surface area contributed by atoms with Gasteiger partial charge < -0.3 is 10.2 Å². The fraction of sp³-hybridized carbons (Fsp3) is 0.667. The molecule has 2 aliphatic rings. The Labute approximate surface area is 188 Å². The summed E-state index contributed by atoms with van der Waals surface area (Å²) in [5, 5.41) is 3.06. The third-order valence-electron chi connectivity index (χ3n) is 6.34. The Hall–Kier alpha value is -1.62. The largest absolute Gasteiger partial charge is 0.356 e. The van der Waals surface area contributed by atoms with Gasteiger partial charge in [-0.3, -0.25) is 4.79 Å². The smallest absolute Gasteiger partial charge is 0.245 e. The molecule has 1 aromatic heterocycles. The van der Waals surface area contributed by atoms with Gasteiger partial charge in [-0.05, 0) is 63.9 Å². The van der Waals surface area contributed by atoms with Crippen LogP contribution in [0.1, 0.15) is 44.9 Å². The zero-order valence-electron chi connectivity index (χ0n) is 17.8. The minimum Gasteiger partial charge on any atom is -0.356 e. The molecule has 4 rings (SSSR count). The molecule has 2 aliphatic heterocycles. The summed E-state index contributed by atoms with van der Waals surface area (Å²) in [6, 6.07) is 5.05. The first-order chi connectivity index (χ1) is 15.1.